The molecule has 3 rings (SSSR count). The van der Waals surface area contributed by atoms with Crippen LogP contribution < -0.4 is 11.5 Å². The first kappa shape index (κ1) is 27.2. The molecule has 10 nitrogen and oxygen atoms in total. The first-order valence-corrected chi connectivity index (χ1v) is 10.1. The normalized spacial score (nSPS) is 14.5. The predicted octanol–water partition coefficient (Wildman–Crippen LogP) is 2.89. The summed E-state index contributed by atoms with van der Waals surface area (Å²) >= 11 is 6.35. The topological polar surface area (TPSA) is 169 Å². The summed E-state index contributed by atoms with van der Waals surface area (Å²) in [5.41, 5.74) is 12.5. The second-order valence-electron chi connectivity index (χ2n) is 7.05. The Morgan fingerprint density at radius 2 is 1.71 bits per heavy atom. The third-order valence-corrected chi connectivity index (χ3v) is 5.06. The highest BCUT2D eigenvalue weighted by atomic mass is 35.5. The van der Waals surface area contributed by atoms with Crippen molar-refractivity contribution in [1.82, 2.24) is 4.90 Å². The smallest absolute Gasteiger partial charge is 0.347 e. The van der Waals surface area contributed by atoms with Gasteiger partial charge < -0.3 is 31.3 Å². The lowest BCUT2D eigenvalue weighted by Crippen LogP contribution is -2.39. The van der Waals surface area contributed by atoms with Gasteiger partial charge in [0, 0.05) is 48.0 Å². The number of rotatable bonds is 4. The van der Waals surface area contributed by atoms with Crippen molar-refractivity contribution in [3.05, 3.63) is 70.3 Å². The number of carboxylic acids is 2. The standard InChI is InChI=1S/C18H17ClF2N4O2.C4H4O4/c1-27-15-8-25(18(26)24-17(22)23)7-12-10(4-5-13(19)16(12)15)11-3-2-9(20)6-14(11)21;5-3(6)1-2-4(7)8/h2-6,15H,7-8H2,1H3,(H4,22,23,24,26);1-2H,(H,5,6)(H,7,8)/b;2-1+. The van der Waals surface area contributed by atoms with Crippen LogP contribution in [0.15, 0.2) is 47.5 Å². The molecule has 2 amide bonds. The van der Waals surface area contributed by atoms with E-state index in [-0.39, 0.29) is 24.6 Å². The van der Waals surface area contributed by atoms with Gasteiger partial charge in [-0.2, -0.15) is 4.99 Å². The number of carbonyl (C=O) groups is 3. The van der Waals surface area contributed by atoms with E-state index in [1.807, 2.05) is 0 Å². The quantitative estimate of drug-likeness (QED) is 0.276. The molecule has 0 bridgehead atoms. The van der Waals surface area contributed by atoms with E-state index in [0.717, 1.165) is 6.07 Å². The van der Waals surface area contributed by atoms with Crippen LogP contribution in [-0.4, -0.2) is 52.7 Å². The number of urea groups is 1. The van der Waals surface area contributed by atoms with E-state index in [9.17, 15) is 23.2 Å². The molecular weight excluding hydrogens is 490 g/mol. The molecule has 0 saturated heterocycles. The highest BCUT2D eigenvalue weighted by Gasteiger charge is 2.32. The maximum atomic E-state index is 14.4. The number of carbonyl (C=O) groups excluding carboxylic acids is 1. The summed E-state index contributed by atoms with van der Waals surface area (Å²) < 4.78 is 33.2. The van der Waals surface area contributed by atoms with Crippen LogP contribution in [-0.2, 0) is 20.9 Å². The van der Waals surface area contributed by atoms with Gasteiger partial charge in [0.25, 0.3) is 0 Å². The van der Waals surface area contributed by atoms with Crippen LogP contribution >= 0.6 is 11.6 Å². The molecule has 0 radical (unpaired) electrons. The fourth-order valence-corrected chi connectivity index (χ4v) is 3.62. The minimum atomic E-state index is -1.26. The number of ether oxygens (including phenoxy) is 1. The van der Waals surface area contributed by atoms with Crippen molar-refractivity contribution in [3.8, 4) is 11.1 Å². The number of carboxylic acid groups (broad SMARTS) is 2. The number of nitrogens with zero attached hydrogens (tertiary/aromatic N) is 2. The molecule has 1 unspecified atom stereocenters. The molecule has 2 aromatic carbocycles. The number of fused-ring (bicyclic) bond motifs is 1. The van der Waals surface area contributed by atoms with E-state index in [4.69, 9.17) is 38.0 Å². The van der Waals surface area contributed by atoms with Crippen LogP contribution in [0.4, 0.5) is 13.6 Å². The number of hydrogen-bond donors (Lipinski definition) is 4. The Labute approximate surface area is 203 Å². The Hall–Kier alpha value is -4.03. The molecule has 1 heterocycles. The Morgan fingerprint density at radius 3 is 2.23 bits per heavy atom. The largest absolute Gasteiger partial charge is 0.478 e. The Balaban J connectivity index is 0.000000466. The molecule has 1 aliphatic rings. The van der Waals surface area contributed by atoms with Gasteiger partial charge in [-0.15, -0.1) is 0 Å². The minimum absolute atomic E-state index is 0.0948. The highest BCUT2D eigenvalue weighted by molar-refractivity contribution is 6.31. The minimum Gasteiger partial charge on any atom is -0.478 e. The van der Waals surface area contributed by atoms with Gasteiger partial charge in [-0.25, -0.2) is 23.2 Å². The number of aliphatic carboxylic acids is 2. The molecule has 2 aromatic rings. The zero-order chi connectivity index (χ0) is 26.3. The zero-order valence-corrected chi connectivity index (χ0v) is 19.0. The second-order valence-corrected chi connectivity index (χ2v) is 7.45. The average molecular weight is 511 g/mol. The summed E-state index contributed by atoms with van der Waals surface area (Å²) in [7, 11) is 1.48. The van der Waals surface area contributed by atoms with Gasteiger partial charge in [-0.3, -0.25) is 0 Å². The first-order valence-electron chi connectivity index (χ1n) is 9.76. The van der Waals surface area contributed by atoms with Crippen molar-refractivity contribution in [1.29, 1.82) is 0 Å². The van der Waals surface area contributed by atoms with E-state index in [1.165, 1.54) is 24.1 Å². The van der Waals surface area contributed by atoms with Crippen molar-refractivity contribution in [2.75, 3.05) is 13.7 Å². The number of benzene rings is 2. The van der Waals surface area contributed by atoms with Gasteiger partial charge in [-0.05, 0) is 29.3 Å². The Morgan fingerprint density at radius 1 is 1.11 bits per heavy atom. The Bertz CT molecular complexity index is 1180. The summed E-state index contributed by atoms with van der Waals surface area (Å²) in [6.07, 6.45) is 0.563. The maximum Gasteiger partial charge on any atom is 0.347 e. The van der Waals surface area contributed by atoms with Crippen molar-refractivity contribution >= 4 is 35.5 Å². The molecular formula is C22H21ClF2N4O6. The molecule has 0 spiro atoms. The third kappa shape index (κ3) is 7.22. The van der Waals surface area contributed by atoms with Gasteiger partial charge >= 0.3 is 18.0 Å². The molecule has 35 heavy (non-hydrogen) atoms. The van der Waals surface area contributed by atoms with Gasteiger partial charge in [0.05, 0.1) is 6.54 Å². The molecule has 0 saturated carbocycles. The van der Waals surface area contributed by atoms with E-state index in [1.54, 1.807) is 12.1 Å². The highest BCUT2D eigenvalue weighted by Crippen LogP contribution is 2.40. The van der Waals surface area contributed by atoms with Crippen LogP contribution in [0, 0.1) is 11.6 Å². The molecule has 1 atom stereocenters. The number of aliphatic imine (C=N–C) groups is 1. The number of amides is 2. The summed E-state index contributed by atoms with van der Waals surface area (Å²) in [5, 5.41) is 16.1. The Kier molecular flexibility index (Phi) is 9.26. The van der Waals surface area contributed by atoms with Gasteiger partial charge in [0.1, 0.15) is 17.7 Å². The fourth-order valence-electron chi connectivity index (χ4n) is 3.32. The monoisotopic (exact) mass is 510 g/mol. The van der Waals surface area contributed by atoms with E-state index >= 15 is 0 Å². The van der Waals surface area contributed by atoms with Gasteiger partial charge in [0.2, 0.25) is 0 Å². The fraction of sp³-hybridized carbons (Fsp3) is 0.182. The van der Waals surface area contributed by atoms with Crippen LogP contribution in [0.3, 0.4) is 0 Å². The molecule has 6 N–H and O–H groups in total. The van der Waals surface area contributed by atoms with Crippen molar-refractivity contribution in [2.24, 2.45) is 16.5 Å². The van der Waals surface area contributed by atoms with Crippen LogP contribution in [0.5, 0.6) is 0 Å². The number of guanidine groups is 1. The lowest BCUT2D eigenvalue weighted by atomic mass is 9.89. The summed E-state index contributed by atoms with van der Waals surface area (Å²) in [5.74, 6) is -4.28. The van der Waals surface area contributed by atoms with Gasteiger partial charge in [0.15, 0.2) is 5.96 Å². The molecule has 0 aromatic heterocycles. The summed E-state index contributed by atoms with van der Waals surface area (Å²) in [6.45, 7) is 0.270. The summed E-state index contributed by atoms with van der Waals surface area (Å²) in [6, 6.07) is 5.91. The van der Waals surface area contributed by atoms with E-state index in [0.29, 0.717) is 33.9 Å². The average Bonchev–Trinajstić information content (AvgIpc) is 2.77. The third-order valence-electron chi connectivity index (χ3n) is 4.73. The number of methoxy groups -OCH3 is 1. The van der Waals surface area contributed by atoms with Gasteiger partial charge in [-0.1, -0.05) is 17.7 Å². The van der Waals surface area contributed by atoms with Crippen LogP contribution in [0.25, 0.3) is 11.1 Å². The van der Waals surface area contributed by atoms with Crippen LogP contribution in [0.1, 0.15) is 17.2 Å². The molecule has 0 fully saturated rings. The molecule has 13 heteroatoms. The number of halogens is 3. The zero-order valence-electron chi connectivity index (χ0n) is 18.2. The van der Waals surface area contributed by atoms with E-state index < -0.39 is 35.7 Å². The SMILES string of the molecule is COC1CN(C(=O)N=C(N)N)Cc2c(-c3ccc(F)cc3F)ccc(Cl)c21.O=C(O)/C=C/C(=O)O. The maximum absolute atomic E-state index is 14.4. The lowest BCUT2D eigenvalue weighted by Gasteiger charge is -2.34. The molecule has 186 valence electrons. The van der Waals surface area contributed by atoms with Crippen molar-refractivity contribution < 1.29 is 38.1 Å². The van der Waals surface area contributed by atoms with Crippen molar-refractivity contribution in [2.45, 2.75) is 12.6 Å². The van der Waals surface area contributed by atoms with Crippen molar-refractivity contribution in [3.63, 3.8) is 0 Å². The lowest BCUT2D eigenvalue weighted by molar-refractivity contribution is -0.134. The first-order chi connectivity index (χ1) is 16.4. The molecule has 1 aliphatic heterocycles. The van der Waals surface area contributed by atoms with E-state index in [2.05, 4.69) is 4.99 Å². The summed E-state index contributed by atoms with van der Waals surface area (Å²) in [4.78, 5) is 36.3. The predicted molar refractivity (Wildman–Crippen MR) is 123 cm³/mol. The molecule has 0 aliphatic carbocycles. The van der Waals surface area contributed by atoms with Crippen LogP contribution in [0.2, 0.25) is 5.02 Å². The second kappa shape index (κ2) is 11.9. The number of hydrogen-bond acceptors (Lipinski definition) is 4. The number of nitrogens with two attached hydrogens (primary N) is 2.